The molecule has 0 aromatic rings. The Balaban J connectivity index is 4.10. The molecule has 0 aliphatic rings. The van der Waals surface area contributed by atoms with Crippen LogP contribution in [0.25, 0.3) is 0 Å². The quantitative estimate of drug-likeness (QED) is 0.477. The first-order valence-electron chi connectivity index (χ1n) is 3.68. The van der Waals surface area contributed by atoms with Crippen LogP contribution >= 0.6 is 0 Å². The number of carboxylic acid groups (broad SMARTS) is 1. The maximum absolute atomic E-state index is 11.0. The van der Waals surface area contributed by atoms with Gasteiger partial charge in [-0.3, -0.25) is 4.79 Å². The summed E-state index contributed by atoms with van der Waals surface area (Å²) in [6.45, 7) is -0.235. The fourth-order valence-electron chi connectivity index (χ4n) is 0.713. The highest BCUT2D eigenvalue weighted by Gasteiger charge is 2.20. The van der Waals surface area contributed by atoms with Crippen molar-refractivity contribution in [1.29, 1.82) is 0 Å². The minimum atomic E-state index is -3.45. The van der Waals surface area contributed by atoms with Gasteiger partial charge in [-0.15, -0.1) is 0 Å². The summed E-state index contributed by atoms with van der Waals surface area (Å²) in [4.78, 5) is 10.2. The van der Waals surface area contributed by atoms with E-state index in [-0.39, 0.29) is 18.8 Å². The van der Waals surface area contributed by atoms with Crippen molar-refractivity contribution in [2.24, 2.45) is 5.73 Å². The molecule has 13 heavy (non-hydrogen) atoms. The van der Waals surface area contributed by atoms with E-state index >= 15 is 0 Å². The van der Waals surface area contributed by atoms with Gasteiger partial charge in [0.25, 0.3) is 0 Å². The summed E-state index contributed by atoms with van der Waals surface area (Å²) < 4.78 is 22.1. The predicted octanol–water partition coefficient (Wildman–Crippen LogP) is -1.80. The SMILES string of the molecule is NC(CS(=O)(=O)CCCO)C(=O)O. The molecule has 0 fully saturated rings. The van der Waals surface area contributed by atoms with E-state index in [0.29, 0.717) is 0 Å². The maximum atomic E-state index is 11.0. The van der Waals surface area contributed by atoms with Crippen molar-refractivity contribution in [1.82, 2.24) is 0 Å². The molecule has 7 heteroatoms. The maximum Gasteiger partial charge on any atom is 0.321 e. The topological polar surface area (TPSA) is 118 Å². The Morgan fingerprint density at radius 2 is 2.00 bits per heavy atom. The number of hydrogen-bond donors (Lipinski definition) is 3. The zero-order valence-corrected chi connectivity index (χ0v) is 7.83. The van der Waals surface area contributed by atoms with Gasteiger partial charge in [0, 0.05) is 6.61 Å². The second kappa shape index (κ2) is 5.15. The fraction of sp³-hybridized carbons (Fsp3) is 0.833. The summed E-state index contributed by atoms with van der Waals surface area (Å²) in [5, 5.41) is 16.7. The molecule has 0 bridgehead atoms. The Hall–Kier alpha value is -0.660. The number of carbonyl (C=O) groups is 1. The van der Waals surface area contributed by atoms with Gasteiger partial charge in [0.2, 0.25) is 0 Å². The fourth-order valence-corrected chi connectivity index (χ4v) is 2.14. The summed E-state index contributed by atoms with van der Waals surface area (Å²) in [5.74, 6) is -2.15. The van der Waals surface area contributed by atoms with Gasteiger partial charge in [-0.1, -0.05) is 0 Å². The zero-order valence-electron chi connectivity index (χ0n) is 7.01. The number of rotatable bonds is 6. The van der Waals surface area contributed by atoms with Gasteiger partial charge in [0.05, 0.1) is 11.5 Å². The third-order valence-electron chi connectivity index (χ3n) is 1.36. The van der Waals surface area contributed by atoms with Crippen molar-refractivity contribution in [3.05, 3.63) is 0 Å². The molecule has 0 saturated heterocycles. The number of nitrogens with two attached hydrogens (primary N) is 1. The molecule has 0 radical (unpaired) electrons. The molecule has 0 aliphatic carbocycles. The average molecular weight is 211 g/mol. The van der Waals surface area contributed by atoms with Gasteiger partial charge in [-0.05, 0) is 6.42 Å². The van der Waals surface area contributed by atoms with Gasteiger partial charge < -0.3 is 15.9 Å². The lowest BCUT2D eigenvalue weighted by molar-refractivity contribution is -0.137. The molecular weight excluding hydrogens is 198 g/mol. The summed E-state index contributed by atoms with van der Waals surface area (Å²) in [6.07, 6.45) is 0.106. The van der Waals surface area contributed by atoms with E-state index in [1.807, 2.05) is 0 Å². The smallest absolute Gasteiger partial charge is 0.321 e. The summed E-state index contributed by atoms with van der Waals surface area (Å²) in [7, 11) is -3.45. The van der Waals surface area contributed by atoms with Crippen LogP contribution in [-0.4, -0.2) is 48.8 Å². The Kier molecular flexibility index (Phi) is 4.89. The molecule has 0 amide bonds. The molecule has 0 aromatic carbocycles. The number of aliphatic hydroxyl groups excluding tert-OH is 1. The second-order valence-corrected chi connectivity index (χ2v) is 4.86. The van der Waals surface area contributed by atoms with Gasteiger partial charge in [0.1, 0.15) is 6.04 Å². The predicted molar refractivity (Wildman–Crippen MR) is 46.0 cm³/mol. The second-order valence-electron chi connectivity index (χ2n) is 2.64. The zero-order chi connectivity index (χ0) is 10.5. The summed E-state index contributed by atoms with van der Waals surface area (Å²) in [6, 6.07) is -1.39. The summed E-state index contributed by atoms with van der Waals surface area (Å²) in [5.41, 5.74) is 5.03. The van der Waals surface area contributed by atoms with E-state index < -0.39 is 27.6 Å². The molecule has 78 valence electrons. The van der Waals surface area contributed by atoms with Crippen LogP contribution in [0.1, 0.15) is 6.42 Å². The number of hydrogen-bond acceptors (Lipinski definition) is 5. The van der Waals surface area contributed by atoms with Gasteiger partial charge in [-0.25, -0.2) is 8.42 Å². The minimum Gasteiger partial charge on any atom is -0.480 e. The highest BCUT2D eigenvalue weighted by atomic mass is 32.2. The van der Waals surface area contributed by atoms with Crippen molar-refractivity contribution < 1.29 is 23.4 Å². The number of aliphatic carboxylic acids is 1. The van der Waals surface area contributed by atoms with E-state index in [9.17, 15) is 13.2 Å². The van der Waals surface area contributed by atoms with Gasteiger partial charge >= 0.3 is 5.97 Å². The first-order chi connectivity index (χ1) is 5.89. The largest absolute Gasteiger partial charge is 0.480 e. The molecule has 0 heterocycles. The van der Waals surface area contributed by atoms with Crippen LogP contribution in [0.5, 0.6) is 0 Å². The Morgan fingerprint density at radius 1 is 1.46 bits per heavy atom. The molecule has 0 aromatic heterocycles. The Labute approximate surface area is 76.3 Å². The molecule has 1 unspecified atom stereocenters. The van der Waals surface area contributed by atoms with Crippen molar-refractivity contribution in [3.63, 3.8) is 0 Å². The van der Waals surface area contributed by atoms with Crippen LogP contribution in [0.4, 0.5) is 0 Å². The highest BCUT2D eigenvalue weighted by molar-refractivity contribution is 7.91. The Bertz CT molecular complexity index is 260. The first kappa shape index (κ1) is 12.3. The summed E-state index contributed by atoms with van der Waals surface area (Å²) >= 11 is 0. The van der Waals surface area contributed by atoms with Crippen molar-refractivity contribution in [2.45, 2.75) is 12.5 Å². The van der Waals surface area contributed by atoms with Crippen LogP contribution < -0.4 is 5.73 Å². The first-order valence-corrected chi connectivity index (χ1v) is 5.51. The lowest BCUT2D eigenvalue weighted by Gasteiger charge is -2.06. The van der Waals surface area contributed by atoms with E-state index in [4.69, 9.17) is 15.9 Å². The third-order valence-corrected chi connectivity index (χ3v) is 3.14. The molecule has 4 N–H and O–H groups in total. The standard InChI is InChI=1S/C6H13NO5S/c7-5(6(9)10)4-13(11,12)3-1-2-8/h5,8H,1-4,7H2,(H,9,10). The van der Waals surface area contributed by atoms with Gasteiger partial charge in [0.15, 0.2) is 9.84 Å². The van der Waals surface area contributed by atoms with E-state index in [0.717, 1.165) is 0 Å². The van der Waals surface area contributed by atoms with Crippen molar-refractivity contribution in [3.8, 4) is 0 Å². The highest BCUT2D eigenvalue weighted by Crippen LogP contribution is 1.96. The van der Waals surface area contributed by atoms with Crippen LogP contribution in [-0.2, 0) is 14.6 Å². The minimum absolute atomic E-state index is 0.106. The lowest BCUT2D eigenvalue weighted by Crippen LogP contribution is -2.38. The third kappa shape index (κ3) is 5.56. The lowest BCUT2D eigenvalue weighted by atomic mass is 10.4. The molecular formula is C6H13NO5S. The van der Waals surface area contributed by atoms with E-state index in [2.05, 4.69) is 0 Å². The molecule has 0 aliphatic heterocycles. The molecule has 0 saturated carbocycles. The molecule has 6 nitrogen and oxygen atoms in total. The van der Waals surface area contributed by atoms with E-state index in [1.165, 1.54) is 0 Å². The molecule has 1 atom stereocenters. The molecule has 0 rings (SSSR count). The van der Waals surface area contributed by atoms with Crippen molar-refractivity contribution in [2.75, 3.05) is 18.1 Å². The van der Waals surface area contributed by atoms with Crippen LogP contribution in [0.15, 0.2) is 0 Å². The Morgan fingerprint density at radius 3 is 2.38 bits per heavy atom. The van der Waals surface area contributed by atoms with Crippen LogP contribution in [0.2, 0.25) is 0 Å². The van der Waals surface area contributed by atoms with Crippen molar-refractivity contribution >= 4 is 15.8 Å². The monoisotopic (exact) mass is 211 g/mol. The van der Waals surface area contributed by atoms with E-state index in [1.54, 1.807) is 0 Å². The van der Waals surface area contributed by atoms with Gasteiger partial charge in [-0.2, -0.15) is 0 Å². The normalized spacial score (nSPS) is 14.0. The average Bonchev–Trinajstić information content (AvgIpc) is 2.00. The number of aliphatic hydroxyl groups is 1. The van der Waals surface area contributed by atoms with Crippen LogP contribution in [0, 0.1) is 0 Å². The number of sulfone groups is 1. The number of carboxylic acids is 1. The molecule has 0 spiro atoms. The van der Waals surface area contributed by atoms with Crippen LogP contribution in [0.3, 0.4) is 0 Å².